The Hall–Kier alpha value is -2.24. The zero-order valence-electron chi connectivity index (χ0n) is 8.93. The van der Waals surface area contributed by atoms with Crippen LogP contribution in [0.5, 0.6) is 5.75 Å². The molecule has 1 heterocycles. The first-order chi connectivity index (χ1) is 7.63. The lowest BCUT2D eigenvalue weighted by Gasteiger charge is -2.07. The Bertz CT molecular complexity index is 547. The SMILES string of the molecule is COc1c(N)ccc2cnn(OC(C)=O)c12. The predicted octanol–water partition coefficient (Wildman–Crippen LogP) is 0.602. The lowest BCUT2D eigenvalue weighted by molar-refractivity contribution is -0.142. The number of hydrogen-bond donors (Lipinski definition) is 1. The Morgan fingerprint density at radius 1 is 1.50 bits per heavy atom. The highest BCUT2D eigenvalue weighted by molar-refractivity contribution is 5.90. The van der Waals surface area contributed by atoms with Gasteiger partial charge < -0.3 is 15.3 Å². The van der Waals surface area contributed by atoms with Crippen molar-refractivity contribution in [2.24, 2.45) is 0 Å². The van der Waals surface area contributed by atoms with E-state index < -0.39 is 5.97 Å². The number of anilines is 1. The third-order valence-corrected chi connectivity index (χ3v) is 2.11. The van der Waals surface area contributed by atoms with Gasteiger partial charge in [0.2, 0.25) is 0 Å². The van der Waals surface area contributed by atoms with Crippen LogP contribution in [0.25, 0.3) is 10.9 Å². The van der Waals surface area contributed by atoms with Crippen LogP contribution in [0.2, 0.25) is 0 Å². The van der Waals surface area contributed by atoms with Crippen molar-refractivity contribution in [3.8, 4) is 5.75 Å². The zero-order valence-corrected chi connectivity index (χ0v) is 8.93. The largest absolute Gasteiger partial charge is 0.492 e. The van der Waals surface area contributed by atoms with Crippen LogP contribution >= 0.6 is 0 Å². The molecule has 16 heavy (non-hydrogen) atoms. The molecule has 0 fully saturated rings. The van der Waals surface area contributed by atoms with E-state index in [1.807, 2.05) is 0 Å². The van der Waals surface area contributed by atoms with E-state index in [9.17, 15) is 4.79 Å². The number of nitrogens with zero attached hydrogens (tertiary/aromatic N) is 2. The van der Waals surface area contributed by atoms with Gasteiger partial charge in [-0.05, 0) is 12.1 Å². The molecule has 2 N–H and O–H groups in total. The number of carbonyl (C=O) groups excluding carboxylic acids is 1. The zero-order chi connectivity index (χ0) is 11.7. The second kappa shape index (κ2) is 3.73. The number of ether oxygens (including phenoxy) is 1. The summed E-state index contributed by atoms with van der Waals surface area (Å²) >= 11 is 0. The number of hydrogen-bond acceptors (Lipinski definition) is 5. The summed E-state index contributed by atoms with van der Waals surface area (Å²) in [5.74, 6) is -0.0225. The van der Waals surface area contributed by atoms with Crippen LogP contribution in [0.4, 0.5) is 5.69 Å². The van der Waals surface area contributed by atoms with Gasteiger partial charge in [0.1, 0.15) is 0 Å². The van der Waals surface area contributed by atoms with Gasteiger partial charge in [-0.2, -0.15) is 0 Å². The molecule has 0 aliphatic carbocycles. The van der Waals surface area contributed by atoms with Gasteiger partial charge in [0.25, 0.3) is 0 Å². The monoisotopic (exact) mass is 221 g/mol. The highest BCUT2D eigenvalue weighted by Crippen LogP contribution is 2.30. The van der Waals surface area contributed by atoms with Crippen molar-refractivity contribution in [1.82, 2.24) is 9.94 Å². The summed E-state index contributed by atoms with van der Waals surface area (Å²) in [6.45, 7) is 1.30. The average Bonchev–Trinajstić information content (AvgIpc) is 2.61. The normalized spacial score (nSPS) is 10.4. The minimum atomic E-state index is -0.463. The molecule has 0 saturated carbocycles. The molecule has 0 unspecified atom stereocenters. The maximum Gasteiger partial charge on any atom is 0.331 e. The second-order valence-electron chi connectivity index (χ2n) is 3.23. The number of rotatable bonds is 2. The van der Waals surface area contributed by atoms with Gasteiger partial charge >= 0.3 is 5.97 Å². The molecule has 1 aromatic carbocycles. The summed E-state index contributed by atoms with van der Waals surface area (Å²) in [6.07, 6.45) is 1.57. The van der Waals surface area contributed by atoms with Crippen molar-refractivity contribution in [2.45, 2.75) is 6.92 Å². The first-order valence-corrected chi connectivity index (χ1v) is 4.62. The van der Waals surface area contributed by atoms with Gasteiger partial charge in [-0.25, -0.2) is 4.79 Å². The molecule has 0 saturated heterocycles. The predicted molar refractivity (Wildman–Crippen MR) is 58.0 cm³/mol. The topological polar surface area (TPSA) is 79.4 Å². The van der Waals surface area contributed by atoms with Crippen LogP contribution in [0.15, 0.2) is 18.3 Å². The molecule has 0 spiro atoms. The summed E-state index contributed by atoms with van der Waals surface area (Å²) in [7, 11) is 1.50. The Morgan fingerprint density at radius 2 is 2.25 bits per heavy atom. The first kappa shape index (κ1) is 10.3. The van der Waals surface area contributed by atoms with Crippen LogP contribution in [0.1, 0.15) is 6.92 Å². The molecule has 6 heteroatoms. The fourth-order valence-corrected chi connectivity index (χ4v) is 1.48. The summed E-state index contributed by atoms with van der Waals surface area (Å²) in [5, 5.41) is 4.71. The van der Waals surface area contributed by atoms with Crippen molar-refractivity contribution in [1.29, 1.82) is 0 Å². The smallest absolute Gasteiger partial charge is 0.331 e. The molecule has 6 nitrogen and oxygen atoms in total. The summed E-state index contributed by atoms with van der Waals surface area (Å²) in [4.78, 5) is 16.9. The molecule has 0 bridgehead atoms. The summed E-state index contributed by atoms with van der Waals surface area (Å²) in [6, 6.07) is 3.49. The highest BCUT2D eigenvalue weighted by Gasteiger charge is 2.13. The van der Waals surface area contributed by atoms with Crippen molar-refractivity contribution in [3.05, 3.63) is 18.3 Å². The standard InChI is InChI=1S/C10H11N3O3/c1-6(14)16-13-9-7(5-12-13)3-4-8(11)10(9)15-2/h3-5H,11H2,1-2H3. The van der Waals surface area contributed by atoms with E-state index in [1.54, 1.807) is 18.3 Å². The average molecular weight is 221 g/mol. The van der Waals surface area contributed by atoms with E-state index >= 15 is 0 Å². The third-order valence-electron chi connectivity index (χ3n) is 2.11. The molecular formula is C10H11N3O3. The fourth-order valence-electron chi connectivity index (χ4n) is 1.48. The van der Waals surface area contributed by atoms with E-state index in [4.69, 9.17) is 15.3 Å². The Morgan fingerprint density at radius 3 is 2.88 bits per heavy atom. The van der Waals surface area contributed by atoms with Crippen molar-refractivity contribution in [3.63, 3.8) is 0 Å². The molecule has 1 aromatic heterocycles. The molecule has 0 amide bonds. The maximum atomic E-state index is 10.9. The Kier molecular flexibility index (Phi) is 2.40. The quantitative estimate of drug-likeness (QED) is 0.751. The summed E-state index contributed by atoms with van der Waals surface area (Å²) in [5.41, 5.74) is 6.75. The molecule has 84 valence electrons. The second-order valence-corrected chi connectivity index (χ2v) is 3.23. The molecular weight excluding hydrogens is 210 g/mol. The van der Waals surface area contributed by atoms with Crippen molar-refractivity contribution in [2.75, 3.05) is 12.8 Å². The number of fused-ring (bicyclic) bond motifs is 1. The van der Waals surface area contributed by atoms with Crippen molar-refractivity contribution >= 4 is 22.6 Å². The molecule has 2 rings (SSSR count). The van der Waals surface area contributed by atoms with Gasteiger partial charge in [0.05, 0.1) is 19.0 Å². The number of carbonyl (C=O) groups is 1. The van der Waals surface area contributed by atoms with E-state index in [-0.39, 0.29) is 0 Å². The molecule has 0 aliphatic heterocycles. The number of benzene rings is 1. The van der Waals surface area contributed by atoms with Crippen LogP contribution in [0, 0.1) is 0 Å². The molecule has 0 aliphatic rings. The Labute approximate surface area is 91.5 Å². The minimum Gasteiger partial charge on any atom is -0.492 e. The van der Waals surface area contributed by atoms with E-state index in [2.05, 4.69) is 5.10 Å². The summed E-state index contributed by atoms with van der Waals surface area (Å²) < 4.78 is 5.16. The fraction of sp³-hybridized carbons (Fsp3) is 0.200. The van der Waals surface area contributed by atoms with Crippen LogP contribution in [0.3, 0.4) is 0 Å². The Balaban J connectivity index is 2.67. The van der Waals surface area contributed by atoms with Gasteiger partial charge in [0, 0.05) is 12.3 Å². The number of nitrogen functional groups attached to an aromatic ring is 1. The highest BCUT2D eigenvalue weighted by atomic mass is 16.7. The minimum absolute atomic E-state index is 0.441. The molecule has 0 radical (unpaired) electrons. The maximum absolute atomic E-state index is 10.9. The lowest BCUT2D eigenvalue weighted by Crippen LogP contribution is -2.17. The van der Waals surface area contributed by atoms with Crippen LogP contribution in [-0.4, -0.2) is 23.0 Å². The van der Waals surface area contributed by atoms with Gasteiger partial charge in [-0.3, -0.25) is 0 Å². The van der Waals surface area contributed by atoms with Gasteiger partial charge in [-0.15, -0.1) is 5.10 Å². The van der Waals surface area contributed by atoms with Crippen molar-refractivity contribution < 1.29 is 14.4 Å². The number of aromatic nitrogens is 2. The van der Waals surface area contributed by atoms with E-state index in [0.29, 0.717) is 17.0 Å². The third kappa shape index (κ3) is 1.54. The molecule has 2 aromatic rings. The van der Waals surface area contributed by atoms with Gasteiger partial charge in [-0.1, -0.05) is 4.85 Å². The molecule has 0 atom stereocenters. The van der Waals surface area contributed by atoms with Crippen LogP contribution < -0.4 is 15.3 Å². The number of methoxy groups -OCH3 is 1. The van der Waals surface area contributed by atoms with E-state index in [1.165, 1.54) is 14.0 Å². The number of nitrogens with two attached hydrogens (primary N) is 1. The van der Waals surface area contributed by atoms with Gasteiger partial charge in [0.15, 0.2) is 11.3 Å². The van der Waals surface area contributed by atoms with Crippen LogP contribution in [-0.2, 0) is 4.79 Å². The lowest BCUT2D eigenvalue weighted by atomic mass is 10.2. The van der Waals surface area contributed by atoms with E-state index in [0.717, 1.165) is 10.2 Å². The first-order valence-electron chi connectivity index (χ1n) is 4.62.